The van der Waals surface area contributed by atoms with Gasteiger partial charge in [-0.3, -0.25) is 33.6 Å². The maximum atomic E-state index is 14.0. The number of hydrogen-bond acceptors (Lipinski definition) is 15. The molecule has 23 nitrogen and oxygen atoms in total. The van der Waals surface area contributed by atoms with Gasteiger partial charge in [-0.2, -0.15) is 22.7 Å². The highest BCUT2D eigenvalue weighted by atomic mass is 32.1. The van der Waals surface area contributed by atoms with Gasteiger partial charge in [-0.05, 0) is 167 Å². The van der Waals surface area contributed by atoms with Gasteiger partial charge < -0.3 is 66.5 Å². The highest BCUT2D eigenvalue weighted by molar-refractivity contribution is 7.08. The number of anilines is 4. The summed E-state index contributed by atoms with van der Waals surface area (Å²) < 4.78 is 10.3. The molecule has 9 amide bonds. The SMILES string of the molecule is CC(C)C[C@@H](NC(=O)C(C)(C)NC(=O)OC(C)(C)C)C(=O)O.CC(C)C[C@@H](NC(=O)CNC(=O)OC(C)(C)C)C(=O)NC1Cc2cccc(N3CCCC3=O)c2N(Cc2ccsc2)C1=O.NC1Cc2cccc(N3CCCC3=O)c2N(Cc2ccsc2)C1=O. The van der Waals surface area contributed by atoms with E-state index in [0.717, 1.165) is 46.5 Å². The van der Waals surface area contributed by atoms with E-state index in [1.807, 2.05) is 103 Å². The second kappa shape index (κ2) is 30.5. The molecule has 2 fully saturated rings. The highest BCUT2D eigenvalue weighted by Crippen LogP contribution is 2.42. The summed E-state index contributed by atoms with van der Waals surface area (Å²) in [6, 6.07) is 12.2. The van der Waals surface area contributed by atoms with Crippen LogP contribution in [0.15, 0.2) is 70.1 Å². The molecule has 4 aliphatic heterocycles. The Morgan fingerprint density at radius 1 is 0.652 bits per heavy atom. The van der Waals surface area contributed by atoms with E-state index >= 15 is 0 Å². The lowest BCUT2D eigenvalue weighted by atomic mass is 9.94. The highest BCUT2D eigenvalue weighted by Gasteiger charge is 2.40. The summed E-state index contributed by atoms with van der Waals surface area (Å²) in [5, 5.41) is 30.0. The summed E-state index contributed by atoms with van der Waals surface area (Å²) in [5.74, 6) is -2.74. The number of carboxylic acids is 1. The third-order valence-corrected chi connectivity index (χ3v) is 15.9. The number of nitrogens with one attached hydrogen (secondary N) is 5. The zero-order valence-electron chi connectivity index (χ0n) is 53.1. The zero-order valence-corrected chi connectivity index (χ0v) is 54.7. The summed E-state index contributed by atoms with van der Waals surface area (Å²) in [5.41, 5.74) is 10.4. The van der Waals surface area contributed by atoms with Gasteiger partial charge in [-0.1, -0.05) is 52.0 Å². The van der Waals surface area contributed by atoms with Crippen LogP contribution in [0, 0.1) is 11.8 Å². The molecule has 0 aliphatic carbocycles. The van der Waals surface area contributed by atoms with E-state index in [-0.39, 0.29) is 48.4 Å². The number of nitrogens with two attached hydrogens (primary N) is 1. The number of carbonyl (C=O) groups is 10. The van der Waals surface area contributed by atoms with Gasteiger partial charge in [0.2, 0.25) is 41.4 Å². The number of aliphatic carboxylic acids is 1. The van der Waals surface area contributed by atoms with E-state index in [9.17, 15) is 47.9 Å². The molecule has 2 saturated heterocycles. The van der Waals surface area contributed by atoms with Crippen molar-refractivity contribution in [3.8, 4) is 0 Å². The van der Waals surface area contributed by atoms with Crippen molar-refractivity contribution in [3.63, 3.8) is 0 Å². The number of carbonyl (C=O) groups excluding carboxylic acids is 9. The van der Waals surface area contributed by atoms with Crippen LogP contribution in [0.1, 0.15) is 144 Å². The average Bonchev–Trinajstić information content (AvgIpc) is 1.70. The largest absolute Gasteiger partial charge is 0.480 e. The molecule has 2 aromatic heterocycles. The Labute approximate surface area is 529 Å². The van der Waals surface area contributed by atoms with Crippen LogP contribution in [0.25, 0.3) is 0 Å². The van der Waals surface area contributed by atoms with Crippen LogP contribution in [0.4, 0.5) is 32.3 Å². The molecular formula is C64H88N10O13S2. The number of rotatable bonds is 19. The molecule has 4 aromatic rings. The standard InChI is InChI=1S/C31H41N5O6S.C18H19N3O2S.C15H28N2O5/c1-19(2)14-22(33-25(37)16-32-30(41)42-31(3,4)5)28(39)34-23-15-21-8-6-9-24(35-12-7-10-26(35)38)27(21)36(29(23)40)17-20-11-13-43-18-20;19-14-9-13-3-1-4-15(20-7-2-5-16(20)22)17(13)21(18(14)23)10-12-6-8-24-11-12;1-9(2)8-10(11(18)19)16-12(20)15(6,7)17-13(21)22-14(3,4)5/h6,8-9,11,13,18-19,22-23H,7,10,12,14-17H2,1-5H3,(H,32,41)(H,33,37)(H,34,39);1,3-4,6,8,11,14H,2,5,7,9-10,19H2;9-10H,8H2,1-7H3,(H,16,20)(H,17,21)(H,18,19)/t22-,23?;;10-/m1.1/s1. The molecule has 25 heteroatoms. The molecule has 4 atom stereocenters. The first-order chi connectivity index (χ1) is 41.7. The quantitative estimate of drug-likeness (QED) is 0.0473. The maximum Gasteiger partial charge on any atom is 0.408 e. The van der Waals surface area contributed by atoms with Gasteiger partial charge in [-0.15, -0.1) is 0 Å². The van der Waals surface area contributed by atoms with Crippen LogP contribution in [-0.2, 0) is 73.8 Å². The predicted molar refractivity (Wildman–Crippen MR) is 342 cm³/mol. The third kappa shape index (κ3) is 20.1. The second-order valence-electron chi connectivity index (χ2n) is 25.9. The van der Waals surface area contributed by atoms with Crippen molar-refractivity contribution >= 4 is 105 Å². The van der Waals surface area contributed by atoms with Crippen LogP contribution < -0.4 is 51.9 Å². The third-order valence-electron chi connectivity index (χ3n) is 14.5. The van der Waals surface area contributed by atoms with E-state index in [0.29, 0.717) is 69.7 Å². The number of thiophene rings is 2. The molecule has 484 valence electrons. The van der Waals surface area contributed by atoms with Crippen LogP contribution in [0.2, 0.25) is 0 Å². The summed E-state index contributed by atoms with van der Waals surface area (Å²) >= 11 is 3.14. The first-order valence-corrected chi connectivity index (χ1v) is 32.0. The number of para-hydroxylation sites is 2. The van der Waals surface area contributed by atoms with Gasteiger partial charge >= 0.3 is 18.2 Å². The Bertz CT molecular complexity index is 3190. The fraction of sp³-hybridized carbons (Fsp3) is 0.531. The van der Waals surface area contributed by atoms with Crippen molar-refractivity contribution in [1.82, 2.24) is 26.6 Å². The van der Waals surface area contributed by atoms with Gasteiger partial charge in [0.05, 0.1) is 41.9 Å². The summed E-state index contributed by atoms with van der Waals surface area (Å²) in [6.45, 7) is 22.6. The number of benzene rings is 2. The van der Waals surface area contributed by atoms with Gasteiger partial charge in [0.1, 0.15) is 41.4 Å². The summed E-state index contributed by atoms with van der Waals surface area (Å²) in [7, 11) is 0. The van der Waals surface area contributed by atoms with Crippen molar-refractivity contribution in [3.05, 3.63) is 92.3 Å². The molecule has 0 bridgehead atoms. The van der Waals surface area contributed by atoms with Crippen molar-refractivity contribution < 1.29 is 62.5 Å². The monoisotopic (exact) mass is 1270 g/mol. The van der Waals surface area contributed by atoms with Crippen LogP contribution in [0.3, 0.4) is 0 Å². The smallest absolute Gasteiger partial charge is 0.408 e. The van der Waals surface area contributed by atoms with E-state index in [1.54, 1.807) is 67.6 Å². The van der Waals surface area contributed by atoms with E-state index in [2.05, 4.69) is 26.6 Å². The summed E-state index contributed by atoms with van der Waals surface area (Å²) in [4.78, 5) is 132. The number of nitrogens with zero attached hydrogens (tertiary/aromatic N) is 4. The Hall–Kier alpha value is -7.90. The minimum absolute atomic E-state index is 0.0279. The molecule has 4 aliphatic rings. The summed E-state index contributed by atoms with van der Waals surface area (Å²) in [6.07, 6.45) is 2.60. The molecule has 0 spiro atoms. The minimum Gasteiger partial charge on any atom is -0.480 e. The average molecular weight is 1270 g/mol. The van der Waals surface area contributed by atoms with E-state index in [1.165, 1.54) is 25.2 Å². The Balaban J connectivity index is 0.000000232. The van der Waals surface area contributed by atoms with Gasteiger partial charge in [0.15, 0.2) is 0 Å². The Morgan fingerprint density at radius 3 is 1.58 bits per heavy atom. The molecule has 8 N–H and O–H groups in total. The molecule has 2 unspecified atom stereocenters. The first kappa shape index (κ1) is 70.2. The second-order valence-corrected chi connectivity index (χ2v) is 27.5. The van der Waals surface area contributed by atoms with Gasteiger partial charge in [-0.25, -0.2) is 14.4 Å². The fourth-order valence-electron chi connectivity index (χ4n) is 10.5. The fourth-order valence-corrected chi connectivity index (χ4v) is 11.8. The van der Waals surface area contributed by atoms with Gasteiger partial charge in [0, 0.05) is 32.4 Å². The number of fused-ring (bicyclic) bond motifs is 2. The lowest BCUT2D eigenvalue weighted by Gasteiger charge is -2.37. The Morgan fingerprint density at radius 2 is 1.13 bits per heavy atom. The van der Waals surface area contributed by atoms with Crippen molar-refractivity contribution in [2.75, 3.05) is 39.2 Å². The molecule has 8 rings (SSSR count). The number of hydrogen-bond donors (Lipinski definition) is 7. The van der Waals surface area contributed by atoms with Crippen LogP contribution >= 0.6 is 22.7 Å². The topological polar surface area (TPSA) is 309 Å². The minimum atomic E-state index is -1.28. The van der Waals surface area contributed by atoms with Crippen molar-refractivity contribution in [2.24, 2.45) is 17.6 Å². The number of amides is 9. The first-order valence-electron chi connectivity index (χ1n) is 30.1. The lowest BCUT2D eigenvalue weighted by molar-refractivity contribution is -0.143. The molecule has 0 radical (unpaired) electrons. The van der Waals surface area contributed by atoms with Crippen LogP contribution in [-0.4, -0.2) is 125 Å². The molecule has 0 saturated carbocycles. The maximum absolute atomic E-state index is 14.0. The normalized spacial score (nSPS) is 17.3. The molecule has 6 heterocycles. The number of alkyl carbamates (subject to hydrolysis) is 2. The predicted octanol–water partition coefficient (Wildman–Crippen LogP) is 7.70. The lowest BCUT2D eigenvalue weighted by Crippen LogP contribution is -2.58. The van der Waals surface area contributed by atoms with Crippen LogP contribution in [0.5, 0.6) is 0 Å². The molecule has 89 heavy (non-hydrogen) atoms. The molecular weight excluding hydrogens is 1180 g/mol. The number of ether oxygens (including phenoxy) is 2. The zero-order chi connectivity index (χ0) is 65.7. The molecule has 2 aromatic carbocycles. The Kier molecular flexibility index (Phi) is 24.1. The van der Waals surface area contributed by atoms with Crippen molar-refractivity contribution in [1.29, 1.82) is 0 Å². The van der Waals surface area contributed by atoms with Crippen molar-refractivity contribution in [2.45, 2.75) is 188 Å². The van der Waals surface area contributed by atoms with Gasteiger partial charge in [0.25, 0.3) is 0 Å². The number of carboxylic acid groups (broad SMARTS) is 1. The van der Waals surface area contributed by atoms with E-state index < -0.39 is 76.8 Å². The van der Waals surface area contributed by atoms with E-state index in [4.69, 9.17) is 20.3 Å².